The number of benzene rings is 1. The Bertz CT molecular complexity index is 976. The molecule has 3 aromatic rings. The molecular weight excluding hydrogens is 408 g/mol. The van der Waals surface area contributed by atoms with Crippen LogP contribution >= 0.6 is 11.3 Å². The Labute approximate surface area is 187 Å². The summed E-state index contributed by atoms with van der Waals surface area (Å²) in [6.07, 6.45) is 6.41. The minimum Gasteiger partial charge on any atom is -0.379 e. The highest BCUT2D eigenvalue weighted by molar-refractivity contribution is 7.13. The molecule has 0 radical (unpaired) electrons. The van der Waals surface area contributed by atoms with Gasteiger partial charge in [0, 0.05) is 37.5 Å². The molecule has 1 saturated heterocycles. The highest BCUT2D eigenvalue weighted by atomic mass is 32.1. The van der Waals surface area contributed by atoms with Crippen molar-refractivity contribution in [1.82, 2.24) is 20.0 Å². The first-order valence-corrected chi connectivity index (χ1v) is 11.6. The second kappa shape index (κ2) is 11.0. The minimum absolute atomic E-state index is 0.0742. The van der Waals surface area contributed by atoms with Crippen LogP contribution in [0, 0.1) is 0 Å². The third-order valence-corrected chi connectivity index (χ3v) is 6.08. The maximum atomic E-state index is 12.3. The Morgan fingerprint density at radius 2 is 2.00 bits per heavy atom. The van der Waals surface area contributed by atoms with Crippen LogP contribution in [0.4, 0.5) is 0 Å². The smallest absolute Gasteiger partial charge is 0.244 e. The fraction of sp³-hybridized carbons (Fsp3) is 0.333. The minimum atomic E-state index is -0.0742. The molecule has 0 bridgehead atoms. The van der Waals surface area contributed by atoms with Crippen molar-refractivity contribution in [2.24, 2.45) is 0 Å². The second-order valence-corrected chi connectivity index (χ2v) is 8.47. The number of amides is 1. The van der Waals surface area contributed by atoms with E-state index in [1.54, 1.807) is 17.4 Å². The highest BCUT2D eigenvalue weighted by Gasteiger charge is 2.12. The van der Waals surface area contributed by atoms with Crippen LogP contribution in [0.5, 0.6) is 0 Å². The first-order chi connectivity index (χ1) is 15.3. The van der Waals surface area contributed by atoms with Crippen LogP contribution in [0.3, 0.4) is 0 Å². The van der Waals surface area contributed by atoms with Crippen LogP contribution in [0.1, 0.15) is 17.5 Å². The van der Waals surface area contributed by atoms with Crippen molar-refractivity contribution in [3.05, 3.63) is 71.2 Å². The van der Waals surface area contributed by atoms with Crippen molar-refractivity contribution in [2.45, 2.75) is 13.0 Å². The van der Waals surface area contributed by atoms with Crippen molar-refractivity contribution in [3.63, 3.8) is 0 Å². The lowest BCUT2D eigenvalue weighted by Gasteiger charge is -2.26. The average Bonchev–Trinajstić information content (AvgIpc) is 3.47. The van der Waals surface area contributed by atoms with Crippen molar-refractivity contribution in [3.8, 4) is 10.6 Å². The van der Waals surface area contributed by atoms with Gasteiger partial charge in [0.15, 0.2) is 0 Å². The van der Waals surface area contributed by atoms with Gasteiger partial charge in [-0.2, -0.15) is 5.10 Å². The third-order valence-electron chi connectivity index (χ3n) is 5.20. The van der Waals surface area contributed by atoms with E-state index in [0.717, 1.165) is 55.4 Å². The summed E-state index contributed by atoms with van der Waals surface area (Å²) in [6, 6.07) is 14.3. The monoisotopic (exact) mass is 436 g/mol. The van der Waals surface area contributed by atoms with Gasteiger partial charge < -0.3 is 10.1 Å². The van der Waals surface area contributed by atoms with Gasteiger partial charge in [0.05, 0.1) is 24.6 Å². The lowest BCUT2D eigenvalue weighted by molar-refractivity contribution is -0.116. The number of carbonyl (C=O) groups is 1. The maximum Gasteiger partial charge on any atom is 0.244 e. The Kier molecular flexibility index (Phi) is 7.65. The van der Waals surface area contributed by atoms with Gasteiger partial charge in [-0.3, -0.25) is 14.4 Å². The Hall–Kier alpha value is -2.74. The van der Waals surface area contributed by atoms with Crippen molar-refractivity contribution in [1.29, 1.82) is 0 Å². The lowest BCUT2D eigenvalue weighted by Crippen LogP contribution is -2.38. The average molecular weight is 437 g/mol. The van der Waals surface area contributed by atoms with Gasteiger partial charge in [0.25, 0.3) is 0 Å². The van der Waals surface area contributed by atoms with Crippen LogP contribution < -0.4 is 5.32 Å². The third kappa shape index (κ3) is 6.37. The Morgan fingerprint density at radius 1 is 1.16 bits per heavy atom. The zero-order valence-electron chi connectivity index (χ0n) is 17.6. The normalized spacial score (nSPS) is 14.8. The number of thiophene rings is 1. The number of ether oxygens (including phenoxy) is 1. The van der Waals surface area contributed by atoms with E-state index in [4.69, 9.17) is 9.84 Å². The molecule has 4 rings (SSSR count). The van der Waals surface area contributed by atoms with E-state index in [2.05, 4.69) is 28.4 Å². The van der Waals surface area contributed by atoms with Crippen molar-refractivity contribution < 1.29 is 9.53 Å². The van der Waals surface area contributed by atoms with Crippen molar-refractivity contribution >= 4 is 23.3 Å². The number of aromatic nitrogens is 2. The molecule has 31 heavy (non-hydrogen) atoms. The summed E-state index contributed by atoms with van der Waals surface area (Å²) in [7, 11) is 0. The Morgan fingerprint density at radius 3 is 2.77 bits per heavy atom. The van der Waals surface area contributed by atoms with E-state index in [1.807, 2.05) is 46.6 Å². The summed E-state index contributed by atoms with van der Waals surface area (Å²) < 4.78 is 7.30. The van der Waals surface area contributed by atoms with E-state index in [9.17, 15) is 4.79 Å². The zero-order valence-corrected chi connectivity index (χ0v) is 18.4. The van der Waals surface area contributed by atoms with E-state index >= 15 is 0 Å². The molecule has 1 aliphatic rings. The summed E-state index contributed by atoms with van der Waals surface area (Å²) in [5.41, 5.74) is 3.04. The SMILES string of the molecule is O=C(/C=C/c1cn(Cc2ccccc2)nc1-c1cccs1)NCCCN1CCOCC1. The van der Waals surface area contributed by atoms with Gasteiger partial charge in [-0.1, -0.05) is 36.4 Å². The summed E-state index contributed by atoms with van der Waals surface area (Å²) in [5, 5.41) is 9.81. The second-order valence-electron chi connectivity index (χ2n) is 7.53. The predicted molar refractivity (Wildman–Crippen MR) is 125 cm³/mol. The largest absolute Gasteiger partial charge is 0.379 e. The highest BCUT2D eigenvalue weighted by Crippen LogP contribution is 2.27. The van der Waals surface area contributed by atoms with E-state index in [-0.39, 0.29) is 5.91 Å². The number of rotatable bonds is 9. The number of nitrogens with zero attached hydrogens (tertiary/aromatic N) is 3. The molecule has 0 atom stereocenters. The molecule has 0 spiro atoms. The first-order valence-electron chi connectivity index (χ1n) is 10.7. The van der Waals surface area contributed by atoms with Gasteiger partial charge >= 0.3 is 0 Å². The molecule has 162 valence electrons. The van der Waals surface area contributed by atoms with Gasteiger partial charge in [0.1, 0.15) is 5.69 Å². The summed E-state index contributed by atoms with van der Waals surface area (Å²) in [4.78, 5) is 15.8. The molecule has 0 unspecified atom stereocenters. The van der Waals surface area contributed by atoms with E-state index in [0.29, 0.717) is 13.1 Å². The molecule has 0 aliphatic carbocycles. The topological polar surface area (TPSA) is 59.4 Å². The van der Waals surface area contributed by atoms with Gasteiger partial charge in [-0.05, 0) is 36.1 Å². The molecule has 1 aliphatic heterocycles. The lowest BCUT2D eigenvalue weighted by atomic mass is 10.2. The maximum absolute atomic E-state index is 12.3. The number of nitrogens with one attached hydrogen (secondary N) is 1. The van der Waals surface area contributed by atoms with Crippen LogP contribution in [0.25, 0.3) is 16.6 Å². The van der Waals surface area contributed by atoms with E-state index in [1.165, 1.54) is 5.56 Å². The van der Waals surface area contributed by atoms with Crippen LogP contribution in [0.2, 0.25) is 0 Å². The quantitative estimate of drug-likeness (QED) is 0.412. The molecular formula is C24H28N4O2S. The molecule has 6 nitrogen and oxygen atoms in total. The Balaban J connectivity index is 1.35. The molecule has 1 fully saturated rings. The number of hydrogen-bond acceptors (Lipinski definition) is 5. The molecule has 0 saturated carbocycles. The first kappa shape index (κ1) is 21.5. The van der Waals surface area contributed by atoms with Gasteiger partial charge in [0.2, 0.25) is 5.91 Å². The van der Waals surface area contributed by atoms with Crippen molar-refractivity contribution in [2.75, 3.05) is 39.4 Å². The zero-order chi connectivity index (χ0) is 21.3. The number of carbonyl (C=O) groups excluding carboxylic acids is 1. The molecule has 2 aromatic heterocycles. The van der Waals surface area contributed by atoms with Gasteiger partial charge in [-0.25, -0.2) is 0 Å². The van der Waals surface area contributed by atoms with Crippen LogP contribution in [0.15, 0.2) is 60.1 Å². The fourth-order valence-corrected chi connectivity index (χ4v) is 4.31. The fourth-order valence-electron chi connectivity index (χ4n) is 3.58. The van der Waals surface area contributed by atoms with Gasteiger partial charge in [-0.15, -0.1) is 11.3 Å². The van der Waals surface area contributed by atoms with Crippen LogP contribution in [-0.2, 0) is 16.1 Å². The van der Waals surface area contributed by atoms with E-state index < -0.39 is 0 Å². The van der Waals surface area contributed by atoms with Crippen LogP contribution in [-0.4, -0.2) is 60.0 Å². The summed E-state index contributed by atoms with van der Waals surface area (Å²) in [5.74, 6) is -0.0742. The standard InChI is InChI=1S/C24H28N4O2S/c29-23(25-11-5-12-27-13-15-30-16-14-27)10-9-21-19-28(18-20-6-2-1-3-7-20)26-24(21)22-8-4-17-31-22/h1-4,6-10,17,19H,5,11-16,18H2,(H,25,29)/b10-9+. The molecule has 1 N–H and O–H groups in total. The predicted octanol–water partition coefficient (Wildman–Crippen LogP) is 3.51. The number of morpholine rings is 1. The molecule has 3 heterocycles. The molecule has 7 heteroatoms. The summed E-state index contributed by atoms with van der Waals surface area (Å²) in [6.45, 7) is 5.92. The molecule has 1 amide bonds. The number of hydrogen-bond donors (Lipinski definition) is 1. The summed E-state index contributed by atoms with van der Waals surface area (Å²) >= 11 is 1.65. The molecule has 1 aromatic carbocycles.